The van der Waals surface area contributed by atoms with Crippen LogP contribution in [0.2, 0.25) is 5.02 Å². The van der Waals surface area contributed by atoms with Gasteiger partial charge in [-0.2, -0.15) is 13.2 Å². The van der Waals surface area contributed by atoms with E-state index in [9.17, 15) is 33.3 Å². The number of nitro benzene ring substituents is 1. The van der Waals surface area contributed by atoms with Gasteiger partial charge in [0.05, 0.1) is 15.6 Å². The summed E-state index contributed by atoms with van der Waals surface area (Å²) in [7, 11) is 0. The van der Waals surface area contributed by atoms with Crippen molar-refractivity contribution < 1.29 is 28.1 Å². The Balaban J connectivity index is 2.12. The number of nitrogens with zero attached hydrogens (tertiary/aromatic N) is 2. The van der Waals surface area contributed by atoms with E-state index < -0.39 is 17.0 Å². The van der Waals surface area contributed by atoms with Crippen molar-refractivity contribution in [3.8, 4) is 11.1 Å². The quantitative estimate of drug-likeness (QED) is 0.396. The summed E-state index contributed by atoms with van der Waals surface area (Å²) in [5.41, 5.74) is 0.562. The molecule has 0 saturated carbocycles. The van der Waals surface area contributed by atoms with Gasteiger partial charge in [-0.25, -0.2) is 0 Å². The summed E-state index contributed by atoms with van der Waals surface area (Å²) in [6.07, 6.45) is -5.11. The number of oxime groups is 1. The summed E-state index contributed by atoms with van der Waals surface area (Å²) >= 11 is 5.95. The lowest BCUT2D eigenvalue weighted by molar-refractivity contribution is -0.384. The van der Waals surface area contributed by atoms with E-state index in [0.717, 1.165) is 6.07 Å². The summed E-state index contributed by atoms with van der Waals surface area (Å²) in [6.45, 7) is 0. The first-order chi connectivity index (χ1) is 12.1. The molecule has 7 nitrogen and oxygen atoms in total. The van der Waals surface area contributed by atoms with Gasteiger partial charge in [0.1, 0.15) is 5.71 Å². The van der Waals surface area contributed by atoms with Gasteiger partial charge in [0, 0.05) is 23.3 Å². The number of alkyl halides is 3. The zero-order chi connectivity index (χ0) is 19.2. The average Bonchev–Trinajstić information content (AvgIpc) is 2.86. The Kier molecular flexibility index (Phi) is 4.07. The van der Waals surface area contributed by atoms with Crippen molar-refractivity contribution in [2.75, 3.05) is 5.32 Å². The molecule has 1 aliphatic carbocycles. The van der Waals surface area contributed by atoms with E-state index in [0.29, 0.717) is 11.1 Å². The van der Waals surface area contributed by atoms with Crippen molar-refractivity contribution in [1.82, 2.24) is 0 Å². The van der Waals surface area contributed by atoms with Gasteiger partial charge >= 0.3 is 12.1 Å². The minimum Gasteiger partial charge on any atom is -0.410 e. The molecule has 0 fully saturated rings. The molecule has 0 saturated heterocycles. The highest BCUT2D eigenvalue weighted by molar-refractivity contribution is 6.35. The monoisotopic (exact) mass is 385 g/mol. The van der Waals surface area contributed by atoms with Gasteiger partial charge in [-0.05, 0) is 29.3 Å². The van der Waals surface area contributed by atoms with Gasteiger partial charge in [0.2, 0.25) is 0 Å². The van der Waals surface area contributed by atoms with Crippen LogP contribution in [0.5, 0.6) is 0 Å². The van der Waals surface area contributed by atoms with Crippen molar-refractivity contribution >= 4 is 34.6 Å². The Morgan fingerprint density at radius 2 is 1.81 bits per heavy atom. The number of carbonyl (C=O) groups is 1. The minimum atomic E-state index is -5.11. The summed E-state index contributed by atoms with van der Waals surface area (Å²) in [5, 5.41) is 24.7. The van der Waals surface area contributed by atoms with Crippen LogP contribution in [0.4, 0.5) is 24.5 Å². The van der Waals surface area contributed by atoms with Gasteiger partial charge in [0.15, 0.2) is 0 Å². The molecule has 0 unspecified atom stereocenters. The third-order valence-electron chi connectivity index (χ3n) is 3.73. The number of rotatable bonds is 2. The zero-order valence-corrected chi connectivity index (χ0v) is 13.2. The number of nitrogens with one attached hydrogen (secondary N) is 1. The Hall–Kier alpha value is -3.14. The number of fused-ring (bicyclic) bond motifs is 3. The highest BCUT2D eigenvalue weighted by atomic mass is 35.5. The van der Waals surface area contributed by atoms with Crippen LogP contribution >= 0.6 is 11.6 Å². The largest absolute Gasteiger partial charge is 0.471 e. The summed E-state index contributed by atoms with van der Waals surface area (Å²) in [4.78, 5) is 21.4. The second-order valence-corrected chi connectivity index (χ2v) is 5.67. The molecular weight excluding hydrogens is 379 g/mol. The lowest BCUT2D eigenvalue weighted by Crippen LogP contribution is -2.30. The van der Waals surface area contributed by atoms with E-state index in [1.807, 2.05) is 0 Å². The lowest BCUT2D eigenvalue weighted by atomic mass is 10.0. The van der Waals surface area contributed by atoms with Crippen LogP contribution in [0.1, 0.15) is 11.1 Å². The molecule has 3 rings (SSSR count). The van der Waals surface area contributed by atoms with Gasteiger partial charge in [-0.3, -0.25) is 14.9 Å². The van der Waals surface area contributed by atoms with Crippen LogP contribution < -0.4 is 5.32 Å². The molecule has 2 N–H and O–H groups in total. The molecule has 0 aliphatic heterocycles. The number of carbonyl (C=O) groups excluding carboxylic acids is 1. The van der Waals surface area contributed by atoms with Gasteiger partial charge in [0.25, 0.3) is 5.69 Å². The molecule has 0 atom stereocenters. The fourth-order valence-corrected chi connectivity index (χ4v) is 2.82. The zero-order valence-electron chi connectivity index (χ0n) is 12.5. The van der Waals surface area contributed by atoms with Crippen molar-refractivity contribution in [3.63, 3.8) is 0 Å². The summed E-state index contributed by atoms with van der Waals surface area (Å²) in [5.74, 6) is -2.21. The van der Waals surface area contributed by atoms with Crippen LogP contribution in [-0.2, 0) is 4.79 Å². The van der Waals surface area contributed by atoms with Crippen LogP contribution in [0, 0.1) is 10.1 Å². The predicted octanol–water partition coefficient (Wildman–Crippen LogP) is 3.96. The smallest absolute Gasteiger partial charge is 0.410 e. The highest BCUT2D eigenvalue weighted by Crippen LogP contribution is 2.42. The first kappa shape index (κ1) is 17.7. The molecular formula is C15H7ClF3N3O4. The van der Waals surface area contributed by atoms with Gasteiger partial charge in [-0.15, -0.1) is 0 Å². The average molecular weight is 386 g/mol. The number of non-ortho nitro benzene ring substituents is 1. The van der Waals surface area contributed by atoms with Crippen LogP contribution in [0.25, 0.3) is 11.1 Å². The van der Waals surface area contributed by atoms with E-state index in [-0.39, 0.29) is 33.2 Å². The third kappa shape index (κ3) is 2.84. The maximum Gasteiger partial charge on any atom is 0.471 e. The molecule has 26 heavy (non-hydrogen) atoms. The second-order valence-electron chi connectivity index (χ2n) is 5.27. The predicted molar refractivity (Wildman–Crippen MR) is 85.7 cm³/mol. The van der Waals surface area contributed by atoms with Crippen LogP contribution in [-0.4, -0.2) is 27.9 Å². The number of benzene rings is 2. The van der Waals surface area contributed by atoms with Crippen molar-refractivity contribution in [2.24, 2.45) is 5.16 Å². The van der Waals surface area contributed by atoms with E-state index >= 15 is 0 Å². The fraction of sp³-hybridized carbons (Fsp3) is 0.0667. The normalized spacial score (nSPS) is 14.1. The van der Waals surface area contributed by atoms with Gasteiger partial charge < -0.3 is 10.5 Å². The van der Waals surface area contributed by atoms with E-state index in [1.165, 1.54) is 24.3 Å². The fourth-order valence-electron chi connectivity index (χ4n) is 2.61. The topological polar surface area (TPSA) is 105 Å². The maximum atomic E-state index is 12.4. The van der Waals surface area contributed by atoms with E-state index in [2.05, 4.69) is 5.16 Å². The number of amides is 1. The molecule has 0 heterocycles. The number of anilines is 1. The van der Waals surface area contributed by atoms with E-state index in [4.69, 9.17) is 11.6 Å². The summed E-state index contributed by atoms with van der Waals surface area (Å²) in [6, 6.07) is 6.21. The number of nitro groups is 1. The van der Waals surface area contributed by atoms with Crippen molar-refractivity contribution in [3.05, 3.63) is 56.6 Å². The number of hydrogen-bond acceptors (Lipinski definition) is 5. The second kappa shape index (κ2) is 5.99. The summed E-state index contributed by atoms with van der Waals surface area (Å²) < 4.78 is 37.3. The molecule has 2 aromatic rings. The highest BCUT2D eigenvalue weighted by Gasteiger charge is 2.39. The molecule has 134 valence electrons. The molecule has 0 spiro atoms. The molecule has 0 bridgehead atoms. The van der Waals surface area contributed by atoms with Crippen LogP contribution in [0.15, 0.2) is 35.5 Å². The molecule has 2 aromatic carbocycles. The Morgan fingerprint density at radius 1 is 1.15 bits per heavy atom. The first-order valence-electron chi connectivity index (χ1n) is 6.87. The number of halogens is 4. The standard InChI is InChI=1S/C15H7ClF3N3O4/c16-11-4-8-7-2-1-6(22(25)26)3-9(7)13(21-24)10(8)5-12(11)20-14(23)15(17,18)19/h1-5,24H,(H,20,23)/b21-13-. The molecule has 11 heteroatoms. The molecule has 0 aromatic heterocycles. The lowest BCUT2D eigenvalue weighted by Gasteiger charge is -2.11. The maximum absolute atomic E-state index is 12.4. The van der Waals surface area contributed by atoms with Crippen LogP contribution in [0.3, 0.4) is 0 Å². The van der Waals surface area contributed by atoms with Crippen molar-refractivity contribution in [2.45, 2.75) is 6.18 Å². The SMILES string of the molecule is O=C(Nc1cc2c(cc1Cl)-c1ccc([N+](=O)[O-])cc1/C2=N/O)C(F)(F)F. The van der Waals surface area contributed by atoms with Crippen molar-refractivity contribution in [1.29, 1.82) is 0 Å². The Bertz CT molecular complexity index is 989. The first-order valence-corrected chi connectivity index (χ1v) is 7.24. The minimum absolute atomic E-state index is 0.0853. The Labute approximate surface area is 147 Å². The Morgan fingerprint density at radius 3 is 2.38 bits per heavy atom. The van der Waals surface area contributed by atoms with E-state index in [1.54, 1.807) is 5.32 Å². The molecule has 1 amide bonds. The third-order valence-corrected chi connectivity index (χ3v) is 4.04. The molecule has 1 aliphatic rings. The molecule has 0 radical (unpaired) electrons. The number of hydrogen-bond donors (Lipinski definition) is 2. The van der Waals surface area contributed by atoms with Gasteiger partial charge in [-0.1, -0.05) is 16.8 Å².